The summed E-state index contributed by atoms with van der Waals surface area (Å²) in [6.07, 6.45) is 32.3. The molecule has 0 aromatic heterocycles. The van der Waals surface area contributed by atoms with E-state index in [9.17, 15) is 30.0 Å². The minimum absolute atomic E-state index is 0. The van der Waals surface area contributed by atoms with Crippen molar-refractivity contribution >= 4 is 11.9 Å². The Morgan fingerprint density at radius 3 is 0.733 bits per heavy atom. The van der Waals surface area contributed by atoms with E-state index in [4.69, 9.17) is 10.2 Å². The van der Waals surface area contributed by atoms with Gasteiger partial charge in [0.2, 0.25) is 0 Å². The first kappa shape index (κ1) is 47.6. The molecule has 0 spiro atoms. The molecule has 0 unspecified atom stereocenters. The Labute approximate surface area is 287 Å². The SMILES string of the molecule is CCCCCCCCCCCCCCCC(O)=C(O)C(=O)[O-].CCCCCCCCCCCCCCCC(O)=C(O)C(=O)[O-].[Zn+2]. The largest absolute Gasteiger partial charge is 2.00 e. The van der Waals surface area contributed by atoms with Gasteiger partial charge < -0.3 is 40.2 Å². The van der Waals surface area contributed by atoms with Gasteiger partial charge in [0.05, 0.1) is 0 Å². The summed E-state index contributed by atoms with van der Waals surface area (Å²) in [6, 6.07) is 0. The molecule has 0 aromatic rings. The van der Waals surface area contributed by atoms with Crippen molar-refractivity contribution in [2.75, 3.05) is 0 Å². The Morgan fingerprint density at radius 2 is 0.556 bits per heavy atom. The van der Waals surface area contributed by atoms with Gasteiger partial charge in [0.25, 0.3) is 0 Å². The van der Waals surface area contributed by atoms with Crippen molar-refractivity contribution in [3.8, 4) is 0 Å². The van der Waals surface area contributed by atoms with Crippen molar-refractivity contribution in [2.24, 2.45) is 0 Å². The van der Waals surface area contributed by atoms with Crippen LogP contribution < -0.4 is 10.2 Å². The average molecular weight is 692 g/mol. The molecule has 0 rings (SSSR count). The van der Waals surface area contributed by atoms with Crippen LogP contribution in [0.4, 0.5) is 0 Å². The number of hydrogen-bond donors (Lipinski definition) is 4. The van der Waals surface area contributed by atoms with Crippen molar-refractivity contribution in [3.05, 3.63) is 23.0 Å². The van der Waals surface area contributed by atoms with E-state index in [0.29, 0.717) is 12.8 Å². The Kier molecular flexibility index (Phi) is 38.9. The van der Waals surface area contributed by atoms with Gasteiger partial charge in [0.15, 0.2) is 11.5 Å². The van der Waals surface area contributed by atoms with Crippen LogP contribution in [-0.2, 0) is 29.1 Å². The van der Waals surface area contributed by atoms with Crippen LogP contribution in [0, 0.1) is 0 Å². The predicted molar refractivity (Wildman–Crippen MR) is 175 cm³/mol. The number of carbonyl (C=O) groups excluding carboxylic acids is 2. The monoisotopic (exact) mass is 690 g/mol. The van der Waals surface area contributed by atoms with Crippen molar-refractivity contribution in [2.45, 2.75) is 194 Å². The summed E-state index contributed by atoms with van der Waals surface area (Å²) in [5.41, 5.74) is 0. The zero-order valence-electron chi connectivity index (χ0n) is 28.9. The van der Waals surface area contributed by atoms with Gasteiger partial charge in [-0.15, -0.1) is 0 Å². The van der Waals surface area contributed by atoms with Gasteiger partial charge in [0, 0.05) is 12.8 Å². The normalized spacial score (nSPS) is 12.0. The zero-order valence-corrected chi connectivity index (χ0v) is 31.9. The second kappa shape index (κ2) is 36.7. The fourth-order valence-corrected chi connectivity index (χ4v) is 5.09. The van der Waals surface area contributed by atoms with Crippen LogP contribution in [0.1, 0.15) is 194 Å². The molecule has 0 saturated heterocycles. The number of unbranched alkanes of at least 4 members (excludes halogenated alkanes) is 24. The van der Waals surface area contributed by atoms with Crippen molar-refractivity contribution in [1.29, 1.82) is 0 Å². The third-order valence-corrected chi connectivity index (χ3v) is 7.97. The summed E-state index contributed by atoms with van der Waals surface area (Å²) < 4.78 is 0. The van der Waals surface area contributed by atoms with Crippen LogP contribution in [0.2, 0.25) is 0 Å². The van der Waals surface area contributed by atoms with E-state index in [1.165, 1.54) is 128 Å². The Bertz CT molecular complexity index is 689. The summed E-state index contributed by atoms with van der Waals surface area (Å²) in [7, 11) is 0. The molecule has 0 saturated carbocycles. The molecule has 45 heavy (non-hydrogen) atoms. The number of carboxylic acids is 2. The van der Waals surface area contributed by atoms with Gasteiger partial charge in [-0.25, -0.2) is 0 Å². The maximum absolute atomic E-state index is 10.3. The summed E-state index contributed by atoms with van der Waals surface area (Å²) in [6.45, 7) is 4.48. The number of aliphatic carboxylic acids is 2. The van der Waals surface area contributed by atoms with Gasteiger partial charge >= 0.3 is 19.5 Å². The van der Waals surface area contributed by atoms with Gasteiger partial charge in [-0.3, -0.25) is 0 Å². The third kappa shape index (κ3) is 35.0. The van der Waals surface area contributed by atoms with E-state index >= 15 is 0 Å². The zero-order chi connectivity index (χ0) is 33.3. The van der Waals surface area contributed by atoms with Crippen LogP contribution in [-0.4, -0.2) is 32.4 Å². The predicted octanol–water partition coefficient (Wildman–Crippen LogP) is 9.09. The molecule has 9 heteroatoms. The van der Waals surface area contributed by atoms with Crippen molar-refractivity contribution < 1.29 is 59.7 Å². The molecule has 0 radical (unpaired) electrons. The molecule has 0 aliphatic heterocycles. The third-order valence-electron chi connectivity index (χ3n) is 7.97. The molecule has 0 bridgehead atoms. The topological polar surface area (TPSA) is 161 Å². The number of hydrogen-bond acceptors (Lipinski definition) is 8. The van der Waals surface area contributed by atoms with E-state index in [1.807, 2.05) is 0 Å². The van der Waals surface area contributed by atoms with Gasteiger partial charge in [0.1, 0.15) is 23.5 Å². The quantitative estimate of drug-likeness (QED) is 0.0251. The molecule has 4 N–H and O–H groups in total. The van der Waals surface area contributed by atoms with E-state index in [0.717, 1.165) is 25.7 Å². The van der Waals surface area contributed by atoms with Gasteiger partial charge in [-0.05, 0) is 12.8 Å². The molecule has 0 aliphatic rings. The first-order valence-corrected chi connectivity index (χ1v) is 17.8. The number of aliphatic hydroxyl groups excluding tert-OH is 4. The molecule has 260 valence electrons. The van der Waals surface area contributed by atoms with Crippen LogP contribution in [0.3, 0.4) is 0 Å². The van der Waals surface area contributed by atoms with E-state index < -0.39 is 35.0 Å². The molecular formula is C36H66O8Zn. The fourth-order valence-electron chi connectivity index (χ4n) is 5.09. The van der Waals surface area contributed by atoms with Gasteiger partial charge in [-0.2, -0.15) is 0 Å². The maximum atomic E-state index is 10.3. The Morgan fingerprint density at radius 1 is 0.378 bits per heavy atom. The number of aliphatic hydroxyl groups is 4. The molecule has 0 aliphatic carbocycles. The van der Waals surface area contributed by atoms with E-state index in [1.54, 1.807) is 0 Å². The van der Waals surface area contributed by atoms with Crippen LogP contribution in [0.5, 0.6) is 0 Å². The second-order valence-corrected chi connectivity index (χ2v) is 12.2. The standard InChI is InChI=1S/2C18H34O4.Zn/c2*1-2-3-4-5-6-7-8-9-10-11-12-13-14-15-16(19)17(20)18(21)22;/h2*19-20H,2-15H2,1H3,(H,21,22);/q;;+2/p-2. The smallest absolute Gasteiger partial charge is 0.541 e. The minimum Gasteiger partial charge on any atom is -0.541 e. The van der Waals surface area contributed by atoms with Crippen LogP contribution in [0.15, 0.2) is 23.0 Å². The fraction of sp³-hybridized carbons (Fsp3) is 0.833. The maximum Gasteiger partial charge on any atom is 2.00 e. The van der Waals surface area contributed by atoms with E-state index in [2.05, 4.69) is 13.8 Å². The second-order valence-electron chi connectivity index (χ2n) is 12.2. The summed E-state index contributed by atoms with van der Waals surface area (Å²) >= 11 is 0. The summed E-state index contributed by atoms with van der Waals surface area (Å²) in [4.78, 5) is 20.6. The Balaban J connectivity index is -0.000000767. The average Bonchev–Trinajstić information content (AvgIpc) is 3.00. The first-order chi connectivity index (χ1) is 21.2. The summed E-state index contributed by atoms with van der Waals surface area (Å²) in [5, 5.41) is 57.0. The number of carbonyl (C=O) groups is 2. The minimum atomic E-state index is -1.72. The van der Waals surface area contributed by atoms with Crippen molar-refractivity contribution in [3.63, 3.8) is 0 Å². The van der Waals surface area contributed by atoms with Crippen molar-refractivity contribution in [1.82, 2.24) is 0 Å². The molecule has 8 nitrogen and oxygen atoms in total. The van der Waals surface area contributed by atoms with Crippen LogP contribution in [0.25, 0.3) is 0 Å². The Hall–Kier alpha value is -1.76. The number of carboxylic acid groups (broad SMARTS) is 2. The molecule has 0 amide bonds. The molecule has 0 fully saturated rings. The molecule has 0 atom stereocenters. The summed E-state index contributed by atoms with van der Waals surface area (Å²) in [5.74, 6) is -6.43. The number of allylic oxidation sites excluding steroid dienone is 2. The molecule has 0 aromatic carbocycles. The molecular weight excluding hydrogens is 626 g/mol. The van der Waals surface area contributed by atoms with Crippen LogP contribution >= 0.6 is 0 Å². The first-order valence-electron chi connectivity index (χ1n) is 17.8. The van der Waals surface area contributed by atoms with E-state index in [-0.39, 0.29) is 32.3 Å². The van der Waals surface area contributed by atoms with Gasteiger partial charge in [-0.1, -0.05) is 168 Å². The number of rotatable bonds is 30. The molecule has 0 heterocycles.